The predicted octanol–water partition coefficient (Wildman–Crippen LogP) is 6.11. The maximum Gasteiger partial charge on any atom is 0.338 e. The van der Waals surface area contributed by atoms with E-state index in [-0.39, 0.29) is 35.0 Å². The van der Waals surface area contributed by atoms with Crippen LogP contribution in [-0.4, -0.2) is 24.1 Å². The summed E-state index contributed by atoms with van der Waals surface area (Å²) in [5.74, 6) is 1.61. The molecule has 0 heterocycles. The average Bonchev–Trinajstić information content (AvgIpc) is 3.10. The third-order valence-electron chi connectivity index (χ3n) is 9.56. The first-order chi connectivity index (χ1) is 15.3. The summed E-state index contributed by atoms with van der Waals surface area (Å²) in [7, 11) is 0. The van der Waals surface area contributed by atoms with E-state index in [0.29, 0.717) is 23.3 Å². The second-order valence-electron chi connectivity index (χ2n) is 11.1. The molecule has 0 aliphatic heterocycles. The van der Waals surface area contributed by atoms with Crippen LogP contribution in [0, 0.1) is 28.6 Å². The Labute approximate surface area is 191 Å². The van der Waals surface area contributed by atoms with Crippen molar-refractivity contribution in [1.29, 1.82) is 0 Å². The van der Waals surface area contributed by atoms with Crippen molar-refractivity contribution in [1.82, 2.24) is 0 Å². The molecular weight excluding hydrogens is 400 g/mol. The molecule has 0 radical (unpaired) electrons. The van der Waals surface area contributed by atoms with Crippen LogP contribution in [0.3, 0.4) is 0 Å². The Hall–Kier alpha value is -2.10. The van der Waals surface area contributed by atoms with Gasteiger partial charge in [-0.05, 0) is 80.2 Å². The molecule has 4 nitrogen and oxygen atoms in total. The van der Waals surface area contributed by atoms with Gasteiger partial charge in [-0.2, -0.15) is 0 Å². The molecule has 4 aliphatic carbocycles. The van der Waals surface area contributed by atoms with Crippen LogP contribution < -0.4 is 0 Å². The van der Waals surface area contributed by atoms with Crippen LogP contribution in [0.1, 0.15) is 82.5 Å². The van der Waals surface area contributed by atoms with Crippen molar-refractivity contribution in [2.24, 2.45) is 28.6 Å². The zero-order chi connectivity index (χ0) is 22.5. The van der Waals surface area contributed by atoms with Crippen LogP contribution in [0.4, 0.5) is 0 Å². The van der Waals surface area contributed by atoms with Gasteiger partial charge in [-0.25, -0.2) is 4.79 Å². The molecule has 3 saturated carbocycles. The molecule has 172 valence electrons. The summed E-state index contributed by atoms with van der Waals surface area (Å²) < 4.78 is 11.7. The number of hydrogen-bond acceptors (Lipinski definition) is 4. The van der Waals surface area contributed by atoms with Crippen LogP contribution in [0.25, 0.3) is 0 Å². The standard InChI is InChI=1S/C28H36O4/c1-18(29)31-21-13-15-27(2)20(17-21)9-10-22-23-11-12-25(28(23,3)16-14-24(22)27)32-26(30)19-7-5-4-6-8-19/h4-9,21-25H,10-17H2,1-3H3. The topological polar surface area (TPSA) is 52.6 Å². The molecule has 0 bridgehead atoms. The van der Waals surface area contributed by atoms with Gasteiger partial charge in [0.05, 0.1) is 5.56 Å². The zero-order valence-corrected chi connectivity index (χ0v) is 19.6. The van der Waals surface area contributed by atoms with Gasteiger partial charge in [0.2, 0.25) is 0 Å². The van der Waals surface area contributed by atoms with Crippen molar-refractivity contribution in [3.63, 3.8) is 0 Å². The van der Waals surface area contributed by atoms with E-state index < -0.39 is 0 Å². The second kappa shape index (κ2) is 8.04. The normalized spacial score (nSPS) is 40.3. The lowest BCUT2D eigenvalue weighted by Crippen LogP contribution is -2.51. The van der Waals surface area contributed by atoms with Gasteiger partial charge >= 0.3 is 11.9 Å². The SMILES string of the molecule is CC(=O)OC1CCC2(C)C(=CCC3C2CCC2(C)C(OC(=O)c4ccccc4)CCC32)C1. The summed E-state index contributed by atoms with van der Waals surface area (Å²) in [5.41, 5.74) is 2.46. The highest BCUT2D eigenvalue weighted by Crippen LogP contribution is 2.65. The van der Waals surface area contributed by atoms with Gasteiger partial charge in [0.1, 0.15) is 12.2 Å². The van der Waals surface area contributed by atoms with Crippen LogP contribution in [0.2, 0.25) is 0 Å². The number of rotatable bonds is 3. The summed E-state index contributed by atoms with van der Waals surface area (Å²) in [6.07, 6.45) is 11.1. The average molecular weight is 437 g/mol. The Morgan fingerprint density at radius 1 is 0.938 bits per heavy atom. The number of carbonyl (C=O) groups excluding carboxylic acids is 2. The number of fused-ring (bicyclic) bond motifs is 5. The first-order valence-corrected chi connectivity index (χ1v) is 12.4. The fourth-order valence-electron chi connectivity index (χ4n) is 7.88. The Kier molecular flexibility index (Phi) is 5.46. The van der Waals surface area contributed by atoms with E-state index in [0.717, 1.165) is 44.9 Å². The first-order valence-electron chi connectivity index (χ1n) is 12.4. The maximum atomic E-state index is 12.8. The van der Waals surface area contributed by atoms with E-state index in [1.54, 1.807) is 0 Å². The molecule has 4 aliphatic rings. The fourth-order valence-corrected chi connectivity index (χ4v) is 7.88. The highest BCUT2D eigenvalue weighted by molar-refractivity contribution is 5.89. The molecule has 4 heteroatoms. The van der Waals surface area contributed by atoms with Crippen LogP contribution in [0.5, 0.6) is 0 Å². The largest absolute Gasteiger partial charge is 0.462 e. The summed E-state index contributed by atoms with van der Waals surface area (Å²) in [6, 6.07) is 9.40. The molecule has 3 fully saturated rings. The van der Waals surface area contributed by atoms with E-state index in [1.807, 2.05) is 30.3 Å². The van der Waals surface area contributed by atoms with Gasteiger partial charge < -0.3 is 9.47 Å². The van der Waals surface area contributed by atoms with Gasteiger partial charge in [0.15, 0.2) is 0 Å². The number of benzene rings is 1. The molecule has 1 aromatic rings. The van der Waals surface area contributed by atoms with Gasteiger partial charge in [0, 0.05) is 18.8 Å². The minimum absolute atomic E-state index is 0.0130. The highest BCUT2D eigenvalue weighted by Gasteiger charge is 2.59. The Bertz CT molecular complexity index is 921. The molecule has 0 spiro atoms. The van der Waals surface area contributed by atoms with Crippen molar-refractivity contribution in [3.05, 3.63) is 47.5 Å². The Morgan fingerprint density at radius 2 is 1.72 bits per heavy atom. The van der Waals surface area contributed by atoms with E-state index in [9.17, 15) is 9.59 Å². The van der Waals surface area contributed by atoms with Gasteiger partial charge in [-0.3, -0.25) is 4.79 Å². The Balaban J connectivity index is 1.33. The van der Waals surface area contributed by atoms with E-state index in [1.165, 1.54) is 18.9 Å². The molecular formula is C28H36O4. The van der Waals surface area contributed by atoms with Crippen molar-refractivity contribution in [3.8, 4) is 0 Å². The number of carbonyl (C=O) groups is 2. The lowest BCUT2D eigenvalue weighted by atomic mass is 9.48. The van der Waals surface area contributed by atoms with E-state index in [2.05, 4.69) is 19.9 Å². The van der Waals surface area contributed by atoms with Crippen LogP contribution in [-0.2, 0) is 14.3 Å². The van der Waals surface area contributed by atoms with Crippen molar-refractivity contribution < 1.29 is 19.1 Å². The molecule has 7 atom stereocenters. The van der Waals surface area contributed by atoms with Crippen molar-refractivity contribution in [2.75, 3.05) is 0 Å². The summed E-state index contributed by atoms with van der Waals surface area (Å²) in [4.78, 5) is 24.2. The second-order valence-corrected chi connectivity index (χ2v) is 11.1. The van der Waals surface area contributed by atoms with E-state index >= 15 is 0 Å². The van der Waals surface area contributed by atoms with Crippen LogP contribution >= 0.6 is 0 Å². The van der Waals surface area contributed by atoms with Gasteiger partial charge in [-0.15, -0.1) is 0 Å². The summed E-state index contributed by atoms with van der Waals surface area (Å²) in [6.45, 7) is 6.36. The Morgan fingerprint density at radius 3 is 2.47 bits per heavy atom. The minimum Gasteiger partial charge on any atom is -0.462 e. The molecule has 0 aromatic heterocycles. The number of hydrogen-bond donors (Lipinski definition) is 0. The minimum atomic E-state index is -0.179. The summed E-state index contributed by atoms with van der Waals surface area (Å²) >= 11 is 0. The molecule has 7 unspecified atom stereocenters. The van der Waals surface area contributed by atoms with Crippen molar-refractivity contribution in [2.45, 2.75) is 84.3 Å². The van der Waals surface area contributed by atoms with Gasteiger partial charge in [0.25, 0.3) is 0 Å². The first kappa shape index (κ1) is 21.7. The third-order valence-corrected chi connectivity index (χ3v) is 9.56. The fraction of sp³-hybridized carbons (Fsp3) is 0.643. The molecule has 1 aromatic carbocycles. The molecule has 5 rings (SSSR count). The molecule has 0 N–H and O–H groups in total. The zero-order valence-electron chi connectivity index (χ0n) is 19.6. The summed E-state index contributed by atoms with van der Waals surface area (Å²) in [5, 5.41) is 0. The third kappa shape index (κ3) is 3.50. The highest BCUT2D eigenvalue weighted by atomic mass is 16.5. The van der Waals surface area contributed by atoms with Gasteiger partial charge in [-0.1, -0.05) is 43.7 Å². The lowest BCUT2D eigenvalue weighted by Gasteiger charge is -2.57. The molecule has 32 heavy (non-hydrogen) atoms. The monoisotopic (exact) mass is 436 g/mol. The lowest BCUT2D eigenvalue weighted by molar-refractivity contribution is -0.148. The molecule has 0 amide bonds. The number of ether oxygens (including phenoxy) is 2. The predicted molar refractivity (Wildman–Crippen MR) is 123 cm³/mol. The quantitative estimate of drug-likeness (QED) is 0.424. The smallest absolute Gasteiger partial charge is 0.338 e. The van der Waals surface area contributed by atoms with Crippen molar-refractivity contribution >= 4 is 11.9 Å². The maximum absolute atomic E-state index is 12.8. The van der Waals surface area contributed by atoms with E-state index in [4.69, 9.17) is 9.47 Å². The molecule has 0 saturated heterocycles. The number of allylic oxidation sites excluding steroid dienone is 1. The van der Waals surface area contributed by atoms with Crippen LogP contribution in [0.15, 0.2) is 42.0 Å². The number of esters is 2.